The summed E-state index contributed by atoms with van der Waals surface area (Å²) in [6, 6.07) is 6.09. The normalized spacial score (nSPS) is 23.2. The number of piperidine rings is 1. The fourth-order valence-electron chi connectivity index (χ4n) is 3.02. The van der Waals surface area contributed by atoms with E-state index in [9.17, 15) is 5.11 Å². The van der Waals surface area contributed by atoms with Crippen LogP contribution in [0.1, 0.15) is 32.3 Å². The van der Waals surface area contributed by atoms with Gasteiger partial charge in [0.2, 0.25) is 0 Å². The zero-order chi connectivity index (χ0) is 13.3. The summed E-state index contributed by atoms with van der Waals surface area (Å²) in [6.45, 7) is 7.85. The maximum Gasteiger partial charge on any atom is 0.0460 e. The Bertz CT molecular complexity index is 431. The highest BCUT2D eigenvalue weighted by atomic mass is 35.5. The lowest BCUT2D eigenvalue weighted by atomic mass is 9.82. The van der Waals surface area contributed by atoms with E-state index >= 15 is 0 Å². The summed E-state index contributed by atoms with van der Waals surface area (Å²) < 4.78 is 0. The van der Waals surface area contributed by atoms with Gasteiger partial charge in [0, 0.05) is 29.4 Å². The van der Waals surface area contributed by atoms with E-state index in [4.69, 9.17) is 11.6 Å². The summed E-state index contributed by atoms with van der Waals surface area (Å²) in [6.07, 6.45) is 2.07. The summed E-state index contributed by atoms with van der Waals surface area (Å²) in [5.74, 6) is 0.427. The molecular formula is C15H22ClNO. The van der Waals surface area contributed by atoms with E-state index in [0.717, 1.165) is 30.0 Å². The van der Waals surface area contributed by atoms with E-state index in [1.54, 1.807) is 0 Å². The van der Waals surface area contributed by atoms with Gasteiger partial charge in [-0.1, -0.05) is 17.7 Å². The Morgan fingerprint density at radius 3 is 2.78 bits per heavy atom. The Hall–Kier alpha value is -0.730. The van der Waals surface area contributed by atoms with Crippen molar-refractivity contribution in [3.63, 3.8) is 0 Å². The van der Waals surface area contributed by atoms with Crippen molar-refractivity contribution in [3.05, 3.63) is 28.8 Å². The summed E-state index contributed by atoms with van der Waals surface area (Å²) in [4.78, 5) is 2.43. The number of halogens is 1. The minimum atomic E-state index is 0.0705. The predicted molar refractivity (Wildman–Crippen MR) is 77.4 cm³/mol. The van der Waals surface area contributed by atoms with Gasteiger partial charge in [0.25, 0.3) is 0 Å². The van der Waals surface area contributed by atoms with Crippen molar-refractivity contribution in [1.29, 1.82) is 0 Å². The van der Waals surface area contributed by atoms with E-state index < -0.39 is 0 Å². The molecule has 1 aliphatic heterocycles. The average molecular weight is 268 g/mol. The highest BCUT2D eigenvalue weighted by Gasteiger charge is 2.35. The first-order valence-corrected chi connectivity index (χ1v) is 6.97. The topological polar surface area (TPSA) is 23.5 Å². The molecule has 2 rings (SSSR count). The van der Waals surface area contributed by atoms with Gasteiger partial charge in [0.1, 0.15) is 0 Å². The van der Waals surface area contributed by atoms with Gasteiger partial charge in [-0.3, -0.25) is 0 Å². The lowest BCUT2D eigenvalue weighted by Crippen LogP contribution is -2.51. The third kappa shape index (κ3) is 2.50. The van der Waals surface area contributed by atoms with E-state index in [-0.39, 0.29) is 5.54 Å². The van der Waals surface area contributed by atoms with Crippen LogP contribution < -0.4 is 4.90 Å². The van der Waals surface area contributed by atoms with Crippen LogP contribution in [0.25, 0.3) is 0 Å². The van der Waals surface area contributed by atoms with Gasteiger partial charge in [-0.05, 0) is 57.2 Å². The van der Waals surface area contributed by atoms with Gasteiger partial charge in [0.15, 0.2) is 0 Å². The van der Waals surface area contributed by atoms with Crippen LogP contribution in [0.3, 0.4) is 0 Å². The maximum atomic E-state index is 9.34. The van der Waals surface area contributed by atoms with Crippen LogP contribution in [-0.4, -0.2) is 23.8 Å². The molecule has 1 aromatic rings. The number of rotatable bonds is 2. The summed E-state index contributed by atoms with van der Waals surface area (Å²) in [7, 11) is 0. The van der Waals surface area contributed by atoms with Gasteiger partial charge < -0.3 is 10.0 Å². The van der Waals surface area contributed by atoms with Crippen LogP contribution in [0, 0.1) is 12.8 Å². The molecule has 0 radical (unpaired) electrons. The maximum absolute atomic E-state index is 9.34. The third-order valence-electron chi connectivity index (χ3n) is 4.07. The van der Waals surface area contributed by atoms with Crippen molar-refractivity contribution >= 4 is 17.3 Å². The molecule has 1 saturated heterocycles. The SMILES string of the molecule is Cc1c(Cl)cccc1N1CCC(CO)CC1(C)C. The molecule has 1 unspecified atom stereocenters. The molecule has 0 bridgehead atoms. The number of hydrogen-bond donors (Lipinski definition) is 1. The van der Waals surface area contributed by atoms with Gasteiger partial charge in [0.05, 0.1) is 0 Å². The quantitative estimate of drug-likeness (QED) is 0.884. The number of anilines is 1. The van der Waals surface area contributed by atoms with Crippen molar-refractivity contribution in [3.8, 4) is 0 Å². The Kier molecular flexibility index (Phi) is 3.88. The molecule has 1 atom stereocenters. The first-order chi connectivity index (χ1) is 8.45. The molecule has 0 spiro atoms. The van der Waals surface area contributed by atoms with Crippen LogP contribution in [0.4, 0.5) is 5.69 Å². The van der Waals surface area contributed by atoms with Gasteiger partial charge >= 0.3 is 0 Å². The average Bonchev–Trinajstić information content (AvgIpc) is 2.32. The molecule has 0 saturated carbocycles. The molecule has 18 heavy (non-hydrogen) atoms. The van der Waals surface area contributed by atoms with Crippen molar-refractivity contribution < 1.29 is 5.11 Å². The highest BCUT2D eigenvalue weighted by Crippen LogP contribution is 2.38. The summed E-state index contributed by atoms with van der Waals surface area (Å²) in [5.41, 5.74) is 2.44. The molecule has 0 aromatic heterocycles. The van der Waals surface area contributed by atoms with Crippen LogP contribution in [-0.2, 0) is 0 Å². The zero-order valence-corrected chi connectivity index (χ0v) is 12.2. The molecule has 1 aromatic carbocycles. The van der Waals surface area contributed by atoms with Crippen LogP contribution in [0.15, 0.2) is 18.2 Å². The van der Waals surface area contributed by atoms with Crippen LogP contribution in [0.2, 0.25) is 5.02 Å². The molecule has 0 aliphatic carbocycles. The second-order valence-electron chi connectivity index (χ2n) is 5.89. The summed E-state index contributed by atoms with van der Waals surface area (Å²) >= 11 is 6.22. The highest BCUT2D eigenvalue weighted by molar-refractivity contribution is 6.31. The smallest absolute Gasteiger partial charge is 0.0460 e. The van der Waals surface area contributed by atoms with Gasteiger partial charge in [-0.15, -0.1) is 0 Å². The van der Waals surface area contributed by atoms with Crippen molar-refractivity contribution in [2.45, 2.75) is 39.2 Å². The predicted octanol–water partition coefficient (Wildman–Crippen LogP) is 3.64. The number of benzene rings is 1. The van der Waals surface area contributed by atoms with Gasteiger partial charge in [-0.2, -0.15) is 0 Å². The third-order valence-corrected chi connectivity index (χ3v) is 4.48. The zero-order valence-electron chi connectivity index (χ0n) is 11.4. The summed E-state index contributed by atoms with van der Waals surface area (Å²) in [5, 5.41) is 10.2. The number of aliphatic hydroxyl groups excluding tert-OH is 1. The minimum absolute atomic E-state index is 0.0705. The molecule has 0 amide bonds. The molecular weight excluding hydrogens is 246 g/mol. The second kappa shape index (κ2) is 5.10. The van der Waals surface area contributed by atoms with Gasteiger partial charge in [-0.25, -0.2) is 0 Å². The monoisotopic (exact) mass is 267 g/mol. The molecule has 2 nitrogen and oxygen atoms in total. The largest absolute Gasteiger partial charge is 0.396 e. The van der Waals surface area contributed by atoms with Crippen molar-refractivity contribution in [1.82, 2.24) is 0 Å². The second-order valence-corrected chi connectivity index (χ2v) is 6.30. The van der Waals surface area contributed by atoms with E-state index in [1.165, 1.54) is 5.69 Å². The lowest BCUT2D eigenvalue weighted by molar-refractivity contribution is 0.166. The Labute approximate surface area is 115 Å². The number of nitrogens with zero attached hydrogens (tertiary/aromatic N) is 1. The fraction of sp³-hybridized carbons (Fsp3) is 0.600. The number of aliphatic hydroxyl groups is 1. The van der Waals surface area contributed by atoms with E-state index in [1.807, 2.05) is 12.1 Å². The fourth-order valence-corrected chi connectivity index (χ4v) is 3.19. The first kappa shape index (κ1) is 13.7. The minimum Gasteiger partial charge on any atom is -0.396 e. The van der Waals surface area contributed by atoms with Crippen LogP contribution >= 0.6 is 11.6 Å². The lowest BCUT2D eigenvalue weighted by Gasteiger charge is -2.47. The van der Waals surface area contributed by atoms with Crippen molar-refractivity contribution in [2.24, 2.45) is 5.92 Å². The van der Waals surface area contributed by atoms with E-state index in [0.29, 0.717) is 12.5 Å². The van der Waals surface area contributed by atoms with Crippen LogP contribution in [0.5, 0.6) is 0 Å². The first-order valence-electron chi connectivity index (χ1n) is 6.59. The molecule has 1 fully saturated rings. The Morgan fingerprint density at radius 2 is 2.17 bits per heavy atom. The molecule has 100 valence electrons. The van der Waals surface area contributed by atoms with E-state index in [2.05, 4.69) is 31.7 Å². The molecule has 1 N–H and O–H groups in total. The Morgan fingerprint density at radius 1 is 1.44 bits per heavy atom. The Balaban J connectivity index is 2.31. The number of hydrogen-bond acceptors (Lipinski definition) is 2. The standard InChI is InChI=1S/C15H22ClNO/c1-11-13(16)5-4-6-14(11)17-8-7-12(10-18)9-15(17,2)3/h4-6,12,18H,7-10H2,1-3H3. The molecule has 1 aliphatic rings. The molecule has 1 heterocycles. The van der Waals surface area contributed by atoms with Crippen molar-refractivity contribution in [2.75, 3.05) is 18.1 Å². The molecule has 3 heteroatoms.